The first kappa shape index (κ1) is 11.3. The van der Waals surface area contributed by atoms with Gasteiger partial charge in [-0.25, -0.2) is 4.68 Å². The third-order valence-electron chi connectivity index (χ3n) is 2.50. The van der Waals surface area contributed by atoms with Gasteiger partial charge in [-0.2, -0.15) is 0 Å². The van der Waals surface area contributed by atoms with E-state index in [1.807, 2.05) is 49.3 Å². The second-order valence-corrected chi connectivity index (χ2v) is 3.91. The molecule has 0 atom stereocenters. The number of anilines is 2. The molecular weight excluding hydrogens is 216 g/mol. The van der Waals surface area contributed by atoms with Crippen molar-refractivity contribution in [3.63, 3.8) is 0 Å². The van der Waals surface area contributed by atoms with E-state index in [9.17, 15) is 0 Å². The molecule has 5 heteroatoms. The molecule has 0 fully saturated rings. The molecule has 0 spiro atoms. The normalized spacial score (nSPS) is 10.3. The first-order valence-corrected chi connectivity index (χ1v) is 5.29. The van der Waals surface area contributed by atoms with E-state index in [4.69, 9.17) is 10.5 Å². The lowest BCUT2D eigenvalue weighted by Crippen LogP contribution is -2.10. The summed E-state index contributed by atoms with van der Waals surface area (Å²) in [5.74, 6) is 2.14. The van der Waals surface area contributed by atoms with Gasteiger partial charge in [-0.05, 0) is 12.1 Å². The van der Waals surface area contributed by atoms with E-state index < -0.39 is 0 Å². The van der Waals surface area contributed by atoms with Crippen molar-refractivity contribution in [1.82, 2.24) is 9.78 Å². The molecule has 0 saturated carbocycles. The van der Waals surface area contributed by atoms with Crippen molar-refractivity contribution in [1.29, 1.82) is 0 Å². The molecular formula is C12H16N4O. The summed E-state index contributed by atoms with van der Waals surface area (Å²) in [6, 6.07) is 9.46. The average Bonchev–Trinajstić information content (AvgIpc) is 2.71. The van der Waals surface area contributed by atoms with Crippen LogP contribution in [0, 0.1) is 0 Å². The molecule has 1 aromatic heterocycles. The number of benzene rings is 1. The molecule has 2 N–H and O–H groups in total. The molecule has 0 aliphatic heterocycles. The van der Waals surface area contributed by atoms with E-state index >= 15 is 0 Å². The molecule has 0 aliphatic rings. The van der Waals surface area contributed by atoms with Gasteiger partial charge in [-0.1, -0.05) is 12.1 Å². The monoisotopic (exact) mass is 232 g/mol. The van der Waals surface area contributed by atoms with Crippen LogP contribution in [0.15, 0.2) is 30.3 Å². The predicted octanol–water partition coefficient (Wildman–Crippen LogP) is 1.53. The molecule has 5 nitrogen and oxygen atoms in total. The van der Waals surface area contributed by atoms with Crippen LogP contribution >= 0.6 is 0 Å². The molecule has 2 rings (SSSR count). The molecule has 2 aromatic rings. The number of hydrogen-bond donors (Lipinski definition) is 1. The zero-order valence-electron chi connectivity index (χ0n) is 10.2. The second-order valence-electron chi connectivity index (χ2n) is 3.91. The van der Waals surface area contributed by atoms with Crippen molar-refractivity contribution in [3.05, 3.63) is 30.3 Å². The number of nitrogens with two attached hydrogens (primary N) is 1. The molecule has 90 valence electrons. The highest BCUT2D eigenvalue weighted by atomic mass is 16.5. The van der Waals surface area contributed by atoms with Gasteiger partial charge in [0.15, 0.2) is 5.82 Å². The van der Waals surface area contributed by atoms with Gasteiger partial charge in [-0.15, -0.1) is 5.10 Å². The molecule has 0 bridgehead atoms. The van der Waals surface area contributed by atoms with Gasteiger partial charge in [-0.3, -0.25) is 0 Å². The predicted molar refractivity (Wildman–Crippen MR) is 68.9 cm³/mol. The Labute approximate surface area is 100 Å². The summed E-state index contributed by atoms with van der Waals surface area (Å²) in [6.45, 7) is 0. The Bertz CT molecular complexity index is 519. The topological polar surface area (TPSA) is 56.3 Å². The summed E-state index contributed by atoms with van der Waals surface area (Å²) in [5.41, 5.74) is 6.79. The van der Waals surface area contributed by atoms with Crippen molar-refractivity contribution in [2.75, 3.05) is 31.8 Å². The Morgan fingerprint density at radius 1 is 1.29 bits per heavy atom. The van der Waals surface area contributed by atoms with Crippen LogP contribution in [0.4, 0.5) is 11.6 Å². The number of ether oxygens (including phenoxy) is 1. The van der Waals surface area contributed by atoms with Gasteiger partial charge in [0.25, 0.3) is 0 Å². The summed E-state index contributed by atoms with van der Waals surface area (Å²) in [4.78, 5) is 1.91. The molecule has 1 heterocycles. The molecule has 0 aliphatic carbocycles. The minimum atomic E-state index is 0.582. The number of methoxy groups -OCH3 is 1. The number of hydrogen-bond acceptors (Lipinski definition) is 4. The van der Waals surface area contributed by atoms with Crippen LogP contribution in [-0.2, 0) is 0 Å². The van der Waals surface area contributed by atoms with Crippen LogP contribution in [-0.4, -0.2) is 31.0 Å². The lowest BCUT2D eigenvalue weighted by atomic mass is 10.3. The number of aromatic nitrogens is 2. The first-order valence-electron chi connectivity index (χ1n) is 5.29. The van der Waals surface area contributed by atoms with Crippen molar-refractivity contribution in [2.24, 2.45) is 0 Å². The van der Waals surface area contributed by atoms with E-state index in [1.165, 1.54) is 0 Å². The van der Waals surface area contributed by atoms with Crippen LogP contribution in [0.1, 0.15) is 0 Å². The molecule has 0 radical (unpaired) electrons. The Kier molecular flexibility index (Phi) is 2.91. The van der Waals surface area contributed by atoms with Gasteiger partial charge in [0, 0.05) is 20.2 Å². The van der Waals surface area contributed by atoms with Crippen molar-refractivity contribution >= 4 is 11.6 Å². The molecule has 0 saturated heterocycles. The highest BCUT2D eigenvalue weighted by Crippen LogP contribution is 2.26. The summed E-state index contributed by atoms with van der Waals surface area (Å²) < 4.78 is 6.97. The molecule has 1 aromatic carbocycles. The standard InChI is InChI=1S/C12H16N4O/c1-15(2)12-8-11(13)16(14-12)9-6-4-5-7-10(9)17-3/h4-8H,13H2,1-3H3. The lowest BCUT2D eigenvalue weighted by Gasteiger charge is -2.10. The molecule has 0 unspecified atom stereocenters. The number of rotatable bonds is 3. The maximum atomic E-state index is 5.95. The van der Waals surface area contributed by atoms with E-state index in [0.717, 1.165) is 17.3 Å². The third-order valence-corrected chi connectivity index (χ3v) is 2.50. The SMILES string of the molecule is COc1ccccc1-n1nc(N(C)C)cc1N. The largest absolute Gasteiger partial charge is 0.494 e. The number of nitrogen functional groups attached to an aromatic ring is 1. The highest BCUT2D eigenvalue weighted by molar-refractivity contribution is 5.55. The van der Waals surface area contributed by atoms with Crippen molar-refractivity contribution in [3.8, 4) is 11.4 Å². The Morgan fingerprint density at radius 3 is 2.59 bits per heavy atom. The fourth-order valence-corrected chi connectivity index (χ4v) is 1.60. The summed E-state index contributed by atoms with van der Waals surface area (Å²) in [7, 11) is 5.48. The number of para-hydroxylation sites is 2. The van der Waals surface area contributed by atoms with Crippen LogP contribution < -0.4 is 15.4 Å². The maximum absolute atomic E-state index is 5.95. The molecule has 0 amide bonds. The summed E-state index contributed by atoms with van der Waals surface area (Å²) in [5, 5.41) is 4.43. The van der Waals surface area contributed by atoms with Crippen LogP contribution in [0.2, 0.25) is 0 Å². The van der Waals surface area contributed by atoms with Crippen LogP contribution in [0.3, 0.4) is 0 Å². The van der Waals surface area contributed by atoms with Crippen molar-refractivity contribution < 1.29 is 4.74 Å². The lowest BCUT2D eigenvalue weighted by molar-refractivity contribution is 0.412. The van der Waals surface area contributed by atoms with E-state index in [1.54, 1.807) is 11.8 Å². The smallest absolute Gasteiger partial charge is 0.152 e. The number of nitrogens with zero attached hydrogens (tertiary/aromatic N) is 3. The van der Waals surface area contributed by atoms with Gasteiger partial charge >= 0.3 is 0 Å². The maximum Gasteiger partial charge on any atom is 0.152 e. The zero-order valence-corrected chi connectivity index (χ0v) is 10.2. The quantitative estimate of drug-likeness (QED) is 0.872. The Balaban J connectivity index is 2.52. The Morgan fingerprint density at radius 2 is 2.00 bits per heavy atom. The van der Waals surface area contributed by atoms with Crippen LogP contribution in [0.25, 0.3) is 5.69 Å². The summed E-state index contributed by atoms with van der Waals surface area (Å²) in [6.07, 6.45) is 0. The first-order chi connectivity index (χ1) is 8.13. The van der Waals surface area contributed by atoms with Gasteiger partial charge < -0.3 is 15.4 Å². The fourth-order valence-electron chi connectivity index (χ4n) is 1.60. The fraction of sp³-hybridized carbons (Fsp3) is 0.250. The zero-order chi connectivity index (χ0) is 12.4. The minimum absolute atomic E-state index is 0.582. The van der Waals surface area contributed by atoms with E-state index in [0.29, 0.717) is 5.82 Å². The highest BCUT2D eigenvalue weighted by Gasteiger charge is 2.11. The van der Waals surface area contributed by atoms with Crippen molar-refractivity contribution in [2.45, 2.75) is 0 Å². The minimum Gasteiger partial charge on any atom is -0.494 e. The third kappa shape index (κ3) is 2.04. The van der Waals surface area contributed by atoms with Gasteiger partial charge in [0.1, 0.15) is 17.3 Å². The van der Waals surface area contributed by atoms with Crippen LogP contribution in [0.5, 0.6) is 5.75 Å². The van der Waals surface area contributed by atoms with Gasteiger partial charge in [0.2, 0.25) is 0 Å². The van der Waals surface area contributed by atoms with Gasteiger partial charge in [0.05, 0.1) is 7.11 Å². The Hall–Kier alpha value is -2.17. The molecule has 17 heavy (non-hydrogen) atoms. The second kappa shape index (κ2) is 4.37. The van der Waals surface area contributed by atoms with E-state index in [-0.39, 0.29) is 0 Å². The summed E-state index contributed by atoms with van der Waals surface area (Å²) >= 11 is 0. The van der Waals surface area contributed by atoms with E-state index in [2.05, 4.69) is 5.10 Å². The average molecular weight is 232 g/mol.